The first-order chi connectivity index (χ1) is 13.8. The summed E-state index contributed by atoms with van der Waals surface area (Å²) in [6.07, 6.45) is 1.40. The minimum atomic E-state index is 0. The highest BCUT2D eigenvalue weighted by molar-refractivity contribution is 7.22. The van der Waals surface area contributed by atoms with Crippen molar-refractivity contribution in [2.24, 2.45) is 0 Å². The molecule has 0 aliphatic heterocycles. The highest BCUT2D eigenvalue weighted by Crippen LogP contribution is 2.30. The summed E-state index contributed by atoms with van der Waals surface area (Å²) in [6.45, 7) is 9.88. The minimum absolute atomic E-state index is 0. The SMILES string of the molecule is CCc1ccc2nc(N(CCN(C)C)C(=O)Cc3c(C)cc(C)cc3C)sc2c1.Cl. The number of rotatable bonds is 7. The highest BCUT2D eigenvalue weighted by Gasteiger charge is 2.21. The third-order valence-corrected chi connectivity index (χ3v) is 6.36. The number of anilines is 1. The van der Waals surface area contributed by atoms with Gasteiger partial charge in [-0.2, -0.15) is 0 Å². The Bertz CT molecular complexity index is 1010. The van der Waals surface area contributed by atoms with Gasteiger partial charge in [0.25, 0.3) is 0 Å². The second-order valence-corrected chi connectivity index (χ2v) is 9.06. The molecule has 0 fully saturated rings. The van der Waals surface area contributed by atoms with Crippen LogP contribution in [0.15, 0.2) is 30.3 Å². The molecule has 0 saturated heterocycles. The van der Waals surface area contributed by atoms with E-state index in [0.29, 0.717) is 13.0 Å². The number of benzene rings is 2. The summed E-state index contributed by atoms with van der Waals surface area (Å²) in [6, 6.07) is 10.7. The van der Waals surface area contributed by atoms with Gasteiger partial charge in [0.2, 0.25) is 5.91 Å². The van der Waals surface area contributed by atoms with E-state index in [9.17, 15) is 4.79 Å². The maximum Gasteiger partial charge on any atom is 0.233 e. The maximum atomic E-state index is 13.4. The predicted molar refractivity (Wildman–Crippen MR) is 132 cm³/mol. The van der Waals surface area contributed by atoms with Crippen molar-refractivity contribution in [3.8, 4) is 0 Å². The van der Waals surface area contributed by atoms with E-state index in [1.807, 2.05) is 19.0 Å². The van der Waals surface area contributed by atoms with Crippen LogP contribution in [-0.2, 0) is 17.6 Å². The van der Waals surface area contributed by atoms with E-state index in [1.165, 1.54) is 22.3 Å². The average molecular weight is 446 g/mol. The molecule has 162 valence electrons. The van der Waals surface area contributed by atoms with Gasteiger partial charge in [-0.25, -0.2) is 4.98 Å². The Morgan fingerprint density at radius 3 is 2.30 bits per heavy atom. The smallest absolute Gasteiger partial charge is 0.233 e. The largest absolute Gasteiger partial charge is 0.308 e. The highest BCUT2D eigenvalue weighted by atomic mass is 35.5. The number of nitrogens with zero attached hydrogens (tertiary/aromatic N) is 3. The number of hydrogen-bond acceptors (Lipinski definition) is 4. The van der Waals surface area contributed by atoms with E-state index >= 15 is 0 Å². The van der Waals surface area contributed by atoms with Gasteiger partial charge in [-0.3, -0.25) is 9.69 Å². The van der Waals surface area contributed by atoms with E-state index in [1.54, 1.807) is 11.3 Å². The molecule has 0 saturated carbocycles. The molecule has 3 rings (SSSR count). The number of fused-ring (bicyclic) bond motifs is 1. The van der Waals surface area contributed by atoms with Crippen LogP contribution in [0.2, 0.25) is 0 Å². The van der Waals surface area contributed by atoms with Gasteiger partial charge < -0.3 is 4.90 Å². The zero-order chi connectivity index (χ0) is 21.1. The lowest BCUT2D eigenvalue weighted by atomic mass is 9.97. The molecular weight excluding hydrogens is 414 g/mol. The van der Waals surface area contributed by atoms with Crippen molar-refractivity contribution in [2.45, 2.75) is 40.5 Å². The van der Waals surface area contributed by atoms with Gasteiger partial charge >= 0.3 is 0 Å². The monoisotopic (exact) mass is 445 g/mol. The van der Waals surface area contributed by atoms with E-state index < -0.39 is 0 Å². The molecule has 1 aromatic heterocycles. The molecule has 0 aliphatic rings. The lowest BCUT2D eigenvalue weighted by Gasteiger charge is -2.23. The number of likely N-dealkylation sites (N-methyl/N-ethyl adjacent to an activating group) is 1. The molecule has 2 aromatic carbocycles. The fourth-order valence-electron chi connectivity index (χ4n) is 3.65. The summed E-state index contributed by atoms with van der Waals surface area (Å²) in [5.41, 5.74) is 6.99. The fourth-order valence-corrected chi connectivity index (χ4v) is 4.73. The molecule has 4 nitrogen and oxygen atoms in total. The van der Waals surface area contributed by atoms with Crippen molar-refractivity contribution in [3.63, 3.8) is 0 Å². The molecule has 3 aromatic rings. The summed E-state index contributed by atoms with van der Waals surface area (Å²) in [4.78, 5) is 22.2. The van der Waals surface area contributed by atoms with Crippen molar-refractivity contribution in [1.82, 2.24) is 9.88 Å². The quantitative estimate of drug-likeness (QED) is 0.492. The van der Waals surface area contributed by atoms with Gasteiger partial charge in [0.1, 0.15) is 0 Å². The van der Waals surface area contributed by atoms with Crippen LogP contribution < -0.4 is 4.90 Å². The van der Waals surface area contributed by atoms with E-state index in [4.69, 9.17) is 4.98 Å². The van der Waals surface area contributed by atoms with Crippen LogP contribution in [-0.4, -0.2) is 43.0 Å². The molecule has 30 heavy (non-hydrogen) atoms. The van der Waals surface area contributed by atoms with Gasteiger partial charge in [-0.15, -0.1) is 12.4 Å². The minimum Gasteiger partial charge on any atom is -0.308 e. The summed E-state index contributed by atoms with van der Waals surface area (Å²) in [5.74, 6) is 0.108. The molecule has 0 spiro atoms. The van der Waals surface area contributed by atoms with Gasteiger partial charge in [0, 0.05) is 13.1 Å². The van der Waals surface area contributed by atoms with Crippen molar-refractivity contribution >= 4 is 45.0 Å². The Labute approximate surface area is 190 Å². The van der Waals surface area contributed by atoms with Crippen LogP contribution in [0.4, 0.5) is 5.13 Å². The number of amides is 1. The van der Waals surface area contributed by atoms with Crippen LogP contribution in [0.5, 0.6) is 0 Å². The Hall–Kier alpha value is -1.95. The fraction of sp³-hybridized carbons (Fsp3) is 0.417. The van der Waals surface area contributed by atoms with Crippen molar-refractivity contribution in [2.75, 3.05) is 32.1 Å². The number of carbonyl (C=O) groups excluding carboxylic acids is 1. The molecular formula is C24H32ClN3OS. The van der Waals surface area contributed by atoms with Crippen LogP contribution >= 0.6 is 23.7 Å². The van der Waals surface area contributed by atoms with E-state index in [2.05, 4.69) is 62.9 Å². The van der Waals surface area contributed by atoms with Crippen molar-refractivity contribution in [1.29, 1.82) is 0 Å². The average Bonchev–Trinajstić information content (AvgIpc) is 3.07. The molecule has 6 heteroatoms. The van der Waals surface area contributed by atoms with Crippen LogP contribution in [0.1, 0.15) is 34.7 Å². The van der Waals surface area contributed by atoms with E-state index in [-0.39, 0.29) is 18.3 Å². The van der Waals surface area contributed by atoms with Crippen LogP contribution in [0.25, 0.3) is 10.2 Å². The summed E-state index contributed by atoms with van der Waals surface area (Å²) in [7, 11) is 4.06. The normalized spacial score (nSPS) is 11.0. The first kappa shape index (κ1) is 24.3. The number of carbonyl (C=O) groups is 1. The predicted octanol–water partition coefficient (Wildman–Crippen LogP) is 5.34. The molecule has 1 heterocycles. The Morgan fingerprint density at radius 2 is 1.70 bits per heavy atom. The molecule has 0 atom stereocenters. The van der Waals surface area contributed by atoms with Crippen LogP contribution in [0.3, 0.4) is 0 Å². The molecule has 0 unspecified atom stereocenters. The zero-order valence-electron chi connectivity index (χ0n) is 18.8. The number of aryl methyl sites for hydroxylation is 4. The van der Waals surface area contributed by atoms with Gasteiger partial charge in [-0.05, 0) is 75.7 Å². The molecule has 0 N–H and O–H groups in total. The second kappa shape index (κ2) is 10.4. The summed E-state index contributed by atoms with van der Waals surface area (Å²) in [5, 5.41) is 0.794. The van der Waals surface area contributed by atoms with Gasteiger partial charge in [0.15, 0.2) is 5.13 Å². The third-order valence-electron chi connectivity index (χ3n) is 5.32. The number of thiazole rings is 1. The van der Waals surface area contributed by atoms with E-state index in [0.717, 1.165) is 33.9 Å². The Kier molecular flexibility index (Phi) is 8.42. The zero-order valence-corrected chi connectivity index (χ0v) is 20.4. The topological polar surface area (TPSA) is 36.4 Å². The van der Waals surface area contributed by atoms with Gasteiger partial charge in [-0.1, -0.05) is 42.0 Å². The standard InChI is InChI=1S/C24H31N3OS.ClH/c1-7-19-8-9-21-22(14-19)29-24(25-21)27(11-10-26(5)6)23(28)15-20-17(3)12-16(2)13-18(20)4;/h8-9,12-14H,7,10-11,15H2,1-6H3;1H. The number of halogens is 1. The lowest BCUT2D eigenvalue weighted by Crippen LogP contribution is -2.37. The van der Waals surface area contributed by atoms with Crippen molar-refractivity contribution < 1.29 is 4.79 Å². The first-order valence-electron chi connectivity index (χ1n) is 10.2. The first-order valence-corrected chi connectivity index (χ1v) is 11.0. The lowest BCUT2D eigenvalue weighted by molar-refractivity contribution is -0.118. The van der Waals surface area contributed by atoms with Crippen LogP contribution in [0, 0.1) is 20.8 Å². The Balaban J connectivity index is 0.00000320. The molecule has 0 bridgehead atoms. The van der Waals surface area contributed by atoms with Gasteiger partial charge in [0.05, 0.1) is 16.6 Å². The Morgan fingerprint density at radius 1 is 1.03 bits per heavy atom. The molecule has 1 amide bonds. The third kappa shape index (κ3) is 5.60. The number of hydrogen-bond donors (Lipinski definition) is 0. The molecule has 0 aliphatic carbocycles. The summed E-state index contributed by atoms with van der Waals surface area (Å²) >= 11 is 1.61. The van der Waals surface area contributed by atoms with Crippen molar-refractivity contribution in [3.05, 3.63) is 58.1 Å². The molecule has 0 radical (unpaired) electrons. The summed E-state index contributed by atoms with van der Waals surface area (Å²) < 4.78 is 1.14. The second-order valence-electron chi connectivity index (χ2n) is 8.05. The number of aromatic nitrogens is 1. The maximum absolute atomic E-state index is 13.4.